The quantitative estimate of drug-likeness (QED) is 0.807. The first-order chi connectivity index (χ1) is 9.02. The number of aromatic nitrogens is 1. The maximum atomic E-state index is 11.4. The van der Waals surface area contributed by atoms with Crippen LogP contribution in [-0.4, -0.2) is 25.1 Å². The number of aryl methyl sites for hydroxylation is 2. The Balaban J connectivity index is 2.31. The fourth-order valence-electron chi connectivity index (χ4n) is 1.90. The van der Waals surface area contributed by atoms with Crippen LogP contribution in [0.25, 0.3) is 0 Å². The monoisotopic (exact) mass is 276 g/mol. The Labute approximate surface area is 116 Å². The van der Waals surface area contributed by atoms with E-state index in [0.717, 1.165) is 10.8 Å². The Morgan fingerprint density at radius 3 is 2.74 bits per heavy atom. The van der Waals surface area contributed by atoms with Crippen LogP contribution in [-0.2, 0) is 4.74 Å². The second kappa shape index (κ2) is 5.40. The van der Waals surface area contributed by atoms with E-state index < -0.39 is 5.97 Å². The fraction of sp³-hybridized carbons (Fsp3) is 0.286. The third-order valence-electron chi connectivity index (χ3n) is 2.89. The van der Waals surface area contributed by atoms with Crippen LogP contribution in [0.4, 0.5) is 10.8 Å². The van der Waals surface area contributed by atoms with Gasteiger partial charge in [-0.25, -0.2) is 9.78 Å². The highest BCUT2D eigenvalue weighted by atomic mass is 32.1. The molecule has 0 radical (unpaired) electrons. The van der Waals surface area contributed by atoms with Crippen molar-refractivity contribution >= 4 is 28.1 Å². The number of carbonyl (C=O) groups excluding carboxylic acids is 1. The third kappa shape index (κ3) is 2.76. The van der Waals surface area contributed by atoms with Crippen molar-refractivity contribution in [1.82, 2.24) is 4.98 Å². The van der Waals surface area contributed by atoms with E-state index >= 15 is 0 Å². The lowest BCUT2D eigenvalue weighted by molar-refractivity contribution is 0.0595. The van der Waals surface area contributed by atoms with Gasteiger partial charge in [0.2, 0.25) is 0 Å². The number of hydrogen-bond donors (Lipinski definition) is 0. The maximum Gasteiger partial charge on any atom is 0.357 e. The van der Waals surface area contributed by atoms with Gasteiger partial charge in [-0.15, -0.1) is 11.3 Å². The fourth-order valence-corrected chi connectivity index (χ4v) is 2.67. The van der Waals surface area contributed by atoms with Gasteiger partial charge in [-0.1, -0.05) is 17.7 Å². The molecule has 1 aromatic heterocycles. The minimum absolute atomic E-state index is 0.346. The number of hydrogen-bond acceptors (Lipinski definition) is 5. The molecule has 5 heteroatoms. The van der Waals surface area contributed by atoms with Crippen molar-refractivity contribution in [2.45, 2.75) is 13.8 Å². The molecule has 0 atom stereocenters. The predicted molar refractivity (Wildman–Crippen MR) is 77.4 cm³/mol. The summed E-state index contributed by atoms with van der Waals surface area (Å²) in [4.78, 5) is 17.7. The van der Waals surface area contributed by atoms with E-state index in [9.17, 15) is 4.79 Å². The Morgan fingerprint density at radius 1 is 1.37 bits per heavy atom. The lowest BCUT2D eigenvalue weighted by atomic mass is 10.1. The Bertz CT molecular complexity index is 607. The number of benzene rings is 1. The number of rotatable bonds is 3. The molecule has 0 N–H and O–H groups in total. The number of ether oxygens (including phenoxy) is 1. The van der Waals surface area contributed by atoms with Gasteiger partial charge < -0.3 is 9.64 Å². The lowest BCUT2D eigenvalue weighted by Crippen LogP contribution is -2.11. The van der Waals surface area contributed by atoms with E-state index in [4.69, 9.17) is 0 Å². The summed E-state index contributed by atoms with van der Waals surface area (Å²) >= 11 is 1.42. The summed E-state index contributed by atoms with van der Waals surface area (Å²) in [5.74, 6) is -0.406. The zero-order valence-electron chi connectivity index (χ0n) is 11.4. The van der Waals surface area contributed by atoms with Gasteiger partial charge in [0.05, 0.1) is 7.11 Å². The zero-order chi connectivity index (χ0) is 14.0. The molecular weight excluding hydrogens is 260 g/mol. The topological polar surface area (TPSA) is 42.4 Å². The van der Waals surface area contributed by atoms with Gasteiger partial charge >= 0.3 is 5.97 Å². The van der Waals surface area contributed by atoms with Crippen molar-refractivity contribution in [2.24, 2.45) is 0 Å². The van der Waals surface area contributed by atoms with Gasteiger partial charge in [-0.3, -0.25) is 0 Å². The molecule has 0 fully saturated rings. The molecule has 2 rings (SSSR count). The van der Waals surface area contributed by atoms with Crippen LogP contribution >= 0.6 is 11.3 Å². The van der Waals surface area contributed by atoms with Crippen molar-refractivity contribution in [3.8, 4) is 0 Å². The molecule has 19 heavy (non-hydrogen) atoms. The molecule has 0 aliphatic carbocycles. The maximum absolute atomic E-state index is 11.4. The highest BCUT2D eigenvalue weighted by Crippen LogP contribution is 2.29. The number of methoxy groups -OCH3 is 1. The van der Waals surface area contributed by atoms with Crippen LogP contribution < -0.4 is 4.90 Å². The number of anilines is 2. The van der Waals surface area contributed by atoms with E-state index in [0.29, 0.717) is 5.69 Å². The average Bonchev–Trinajstić information content (AvgIpc) is 2.86. The summed E-state index contributed by atoms with van der Waals surface area (Å²) in [6, 6.07) is 6.25. The van der Waals surface area contributed by atoms with Gasteiger partial charge in [0.15, 0.2) is 10.8 Å². The Kier molecular flexibility index (Phi) is 3.85. The number of nitrogens with zero attached hydrogens (tertiary/aromatic N) is 2. The normalized spacial score (nSPS) is 10.3. The van der Waals surface area contributed by atoms with Crippen molar-refractivity contribution in [3.05, 3.63) is 40.4 Å². The van der Waals surface area contributed by atoms with Crippen molar-refractivity contribution < 1.29 is 9.53 Å². The first kappa shape index (κ1) is 13.5. The summed E-state index contributed by atoms with van der Waals surface area (Å²) in [5.41, 5.74) is 3.83. The molecule has 0 amide bonds. The molecule has 0 aliphatic heterocycles. The van der Waals surface area contributed by atoms with Crippen molar-refractivity contribution in [1.29, 1.82) is 0 Å². The summed E-state index contributed by atoms with van der Waals surface area (Å²) in [5, 5.41) is 2.48. The van der Waals surface area contributed by atoms with Crippen molar-refractivity contribution in [2.75, 3.05) is 19.1 Å². The summed E-state index contributed by atoms with van der Waals surface area (Å²) in [6.07, 6.45) is 0. The second-order valence-electron chi connectivity index (χ2n) is 4.36. The average molecular weight is 276 g/mol. The van der Waals surface area contributed by atoms with E-state index in [1.807, 2.05) is 11.9 Å². The number of carbonyl (C=O) groups is 1. The van der Waals surface area contributed by atoms with Gasteiger partial charge in [-0.2, -0.15) is 0 Å². The largest absolute Gasteiger partial charge is 0.464 e. The molecule has 4 nitrogen and oxygen atoms in total. The van der Waals surface area contributed by atoms with E-state index in [2.05, 4.69) is 41.8 Å². The van der Waals surface area contributed by atoms with Gasteiger partial charge in [0.25, 0.3) is 0 Å². The SMILES string of the molecule is COC(=O)c1csc(N(C)c2ccc(C)cc2C)n1. The molecule has 2 aromatic rings. The van der Waals surface area contributed by atoms with Gasteiger partial charge in [-0.05, 0) is 25.5 Å². The van der Waals surface area contributed by atoms with Crippen LogP contribution in [0, 0.1) is 13.8 Å². The number of esters is 1. The van der Waals surface area contributed by atoms with E-state index in [1.54, 1.807) is 5.38 Å². The standard InChI is InChI=1S/C14H16N2O2S/c1-9-5-6-12(10(2)7-9)16(3)14-15-11(8-19-14)13(17)18-4/h5-8H,1-4H3. The third-order valence-corrected chi connectivity index (χ3v) is 3.80. The minimum Gasteiger partial charge on any atom is -0.464 e. The predicted octanol–water partition coefficient (Wildman–Crippen LogP) is 3.31. The van der Waals surface area contributed by atoms with E-state index in [-0.39, 0.29) is 0 Å². The van der Waals surface area contributed by atoms with E-state index in [1.165, 1.54) is 29.6 Å². The molecule has 100 valence electrons. The van der Waals surface area contributed by atoms with Crippen LogP contribution in [0.1, 0.15) is 21.6 Å². The van der Waals surface area contributed by atoms with Crippen LogP contribution in [0.3, 0.4) is 0 Å². The summed E-state index contributed by atoms with van der Waals surface area (Å²) in [6.45, 7) is 4.13. The second-order valence-corrected chi connectivity index (χ2v) is 5.19. The van der Waals surface area contributed by atoms with Gasteiger partial charge in [0, 0.05) is 18.1 Å². The lowest BCUT2D eigenvalue weighted by Gasteiger charge is -2.18. The van der Waals surface area contributed by atoms with Crippen LogP contribution in [0.2, 0.25) is 0 Å². The highest BCUT2D eigenvalue weighted by molar-refractivity contribution is 7.14. The number of thiazole rings is 1. The van der Waals surface area contributed by atoms with Crippen LogP contribution in [0.15, 0.2) is 23.6 Å². The molecule has 0 spiro atoms. The molecule has 1 heterocycles. The molecule has 0 saturated heterocycles. The molecule has 0 unspecified atom stereocenters. The summed E-state index contributed by atoms with van der Waals surface area (Å²) in [7, 11) is 3.30. The summed E-state index contributed by atoms with van der Waals surface area (Å²) < 4.78 is 4.66. The minimum atomic E-state index is -0.406. The van der Waals surface area contributed by atoms with Crippen molar-refractivity contribution in [3.63, 3.8) is 0 Å². The molecule has 0 aliphatic rings. The highest BCUT2D eigenvalue weighted by Gasteiger charge is 2.15. The zero-order valence-corrected chi connectivity index (χ0v) is 12.2. The van der Waals surface area contributed by atoms with Crippen LogP contribution in [0.5, 0.6) is 0 Å². The Morgan fingerprint density at radius 2 is 2.11 bits per heavy atom. The molecule has 1 aromatic carbocycles. The first-order valence-corrected chi connectivity index (χ1v) is 6.75. The smallest absolute Gasteiger partial charge is 0.357 e. The Hall–Kier alpha value is -1.88. The molecule has 0 saturated carbocycles. The molecular formula is C14H16N2O2S. The molecule has 0 bridgehead atoms. The van der Waals surface area contributed by atoms with Gasteiger partial charge in [0.1, 0.15) is 0 Å². The first-order valence-electron chi connectivity index (χ1n) is 5.87.